The van der Waals surface area contributed by atoms with Crippen LogP contribution in [0.25, 0.3) is 0 Å². The Labute approximate surface area is 122 Å². The topological polar surface area (TPSA) is 20.2 Å². The smallest absolute Gasteiger partial charge is 0.113 e. The predicted octanol–water partition coefficient (Wildman–Crippen LogP) is 4.97. The number of rotatable bonds is 2. The maximum Gasteiger partial charge on any atom is 0.113 e. The molecule has 0 fully saturated rings. The van der Waals surface area contributed by atoms with E-state index in [-0.39, 0.29) is 0 Å². The van der Waals surface area contributed by atoms with Gasteiger partial charge in [-0.15, -0.1) is 11.3 Å². The molecule has 0 spiro atoms. The van der Waals surface area contributed by atoms with Gasteiger partial charge in [-0.25, -0.2) is 0 Å². The average Bonchev–Trinajstić information content (AvgIpc) is 2.57. The second kappa shape index (κ2) is 5.22. The molecule has 0 bridgehead atoms. The van der Waals surface area contributed by atoms with E-state index < -0.39 is 6.10 Å². The van der Waals surface area contributed by atoms with E-state index >= 15 is 0 Å². The first kappa shape index (κ1) is 13.3. The van der Waals surface area contributed by atoms with Crippen LogP contribution in [-0.4, -0.2) is 5.11 Å². The molecule has 2 rings (SSSR count). The zero-order valence-corrected chi connectivity index (χ0v) is 13.5. The van der Waals surface area contributed by atoms with Gasteiger partial charge in [-0.05, 0) is 57.3 Å². The number of hydrogen-bond donors (Lipinski definition) is 1. The summed E-state index contributed by atoms with van der Waals surface area (Å²) in [6.45, 7) is 4.09. The van der Waals surface area contributed by atoms with Crippen molar-refractivity contribution in [2.75, 3.05) is 0 Å². The highest BCUT2D eigenvalue weighted by Crippen LogP contribution is 2.37. The highest BCUT2D eigenvalue weighted by atomic mass is 79.9. The van der Waals surface area contributed by atoms with Crippen LogP contribution in [0.2, 0.25) is 0 Å². The highest BCUT2D eigenvalue weighted by molar-refractivity contribution is 9.13. The zero-order valence-electron chi connectivity index (χ0n) is 9.50. The fourth-order valence-electron chi connectivity index (χ4n) is 1.83. The van der Waals surface area contributed by atoms with Crippen molar-refractivity contribution < 1.29 is 5.11 Å². The summed E-state index contributed by atoms with van der Waals surface area (Å²) in [4.78, 5) is 0.939. The van der Waals surface area contributed by atoms with Gasteiger partial charge in [-0.1, -0.05) is 29.3 Å². The summed E-state index contributed by atoms with van der Waals surface area (Å²) in [5.41, 5.74) is 3.30. The predicted molar refractivity (Wildman–Crippen MR) is 79.7 cm³/mol. The summed E-state index contributed by atoms with van der Waals surface area (Å²) in [5, 5.41) is 10.3. The lowest BCUT2D eigenvalue weighted by atomic mass is 10.0. The van der Waals surface area contributed by atoms with Crippen molar-refractivity contribution >= 4 is 43.2 Å². The molecule has 0 aliphatic heterocycles. The van der Waals surface area contributed by atoms with E-state index in [0.717, 1.165) is 18.7 Å². The number of aryl methyl sites for hydroxylation is 2. The molecule has 0 aliphatic rings. The second-order valence-electron chi connectivity index (χ2n) is 4.09. The number of halogens is 2. The van der Waals surface area contributed by atoms with Gasteiger partial charge in [0.05, 0.1) is 3.79 Å². The molecule has 1 nitrogen and oxygen atoms in total. The maximum absolute atomic E-state index is 10.3. The monoisotopic (exact) mass is 374 g/mol. The van der Waals surface area contributed by atoms with Crippen LogP contribution < -0.4 is 0 Å². The fraction of sp³-hybridized carbons (Fsp3) is 0.231. The lowest BCUT2D eigenvalue weighted by Crippen LogP contribution is -1.98. The average molecular weight is 376 g/mol. The molecule has 1 heterocycles. The molecule has 0 saturated carbocycles. The minimum Gasteiger partial charge on any atom is -0.383 e. The van der Waals surface area contributed by atoms with Crippen LogP contribution in [0.1, 0.15) is 27.7 Å². The summed E-state index contributed by atoms with van der Waals surface area (Å²) in [6, 6.07) is 8.12. The molecule has 0 radical (unpaired) electrons. The number of aliphatic hydroxyl groups excluding tert-OH is 1. The van der Waals surface area contributed by atoms with Gasteiger partial charge in [0.15, 0.2) is 0 Å². The lowest BCUT2D eigenvalue weighted by Gasteiger charge is -2.10. The summed E-state index contributed by atoms with van der Waals surface area (Å²) in [6.07, 6.45) is -0.554. The van der Waals surface area contributed by atoms with Crippen LogP contribution in [0.3, 0.4) is 0 Å². The zero-order chi connectivity index (χ0) is 12.6. The minimum absolute atomic E-state index is 0.554. The molecular weight excluding hydrogens is 364 g/mol. The van der Waals surface area contributed by atoms with Gasteiger partial charge in [0, 0.05) is 9.35 Å². The summed E-state index contributed by atoms with van der Waals surface area (Å²) in [7, 11) is 0. The number of benzene rings is 1. The van der Waals surface area contributed by atoms with Crippen molar-refractivity contribution in [3.8, 4) is 0 Å². The van der Waals surface area contributed by atoms with Crippen LogP contribution in [0.5, 0.6) is 0 Å². The Morgan fingerprint density at radius 2 is 1.65 bits per heavy atom. The molecule has 1 N–H and O–H groups in total. The fourth-order valence-corrected chi connectivity index (χ4v) is 3.93. The van der Waals surface area contributed by atoms with Crippen molar-refractivity contribution in [1.82, 2.24) is 0 Å². The Hall–Kier alpha value is -0.160. The third kappa shape index (κ3) is 2.99. The maximum atomic E-state index is 10.3. The van der Waals surface area contributed by atoms with Crippen molar-refractivity contribution in [1.29, 1.82) is 0 Å². The Kier molecular flexibility index (Phi) is 4.08. The Bertz CT molecular complexity index is 509. The summed E-state index contributed by atoms with van der Waals surface area (Å²) < 4.78 is 2.00. The molecule has 1 aromatic carbocycles. The van der Waals surface area contributed by atoms with Crippen LogP contribution in [0.4, 0.5) is 0 Å². The van der Waals surface area contributed by atoms with E-state index in [0.29, 0.717) is 0 Å². The van der Waals surface area contributed by atoms with Crippen molar-refractivity contribution in [3.05, 3.63) is 54.1 Å². The van der Waals surface area contributed by atoms with Gasteiger partial charge in [-0.3, -0.25) is 0 Å². The van der Waals surface area contributed by atoms with E-state index in [1.807, 2.05) is 32.0 Å². The van der Waals surface area contributed by atoms with Crippen LogP contribution in [-0.2, 0) is 0 Å². The van der Waals surface area contributed by atoms with Crippen molar-refractivity contribution in [2.45, 2.75) is 20.0 Å². The molecule has 0 saturated heterocycles. The quantitative estimate of drug-likeness (QED) is 0.785. The summed E-state index contributed by atoms with van der Waals surface area (Å²) >= 11 is 8.43. The first-order chi connectivity index (χ1) is 7.97. The molecule has 4 heteroatoms. The van der Waals surface area contributed by atoms with Gasteiger partial charge < -0.3 is 5.11 Å². The third-order valence-corrected chi connectivity index (χ3v) is 5.80. The highest BCUT2D eigenvalue weighted by Gasteiger charge is 2.15. The van der Waals surface area contributed by atoms with E-state index in [1.54, 1.807) is 11.3 Å². The molecule has 17 heavy (non-hydrogen) atoms. The van der Waals surface area contributed by atoms with Crippen LogP contribution in [0.15, 0.2) is 32.5 Å². The molecule has 90 valence electrons. The van der Waals surface area contributed by atoms with Crippen molar-refractivity contribution in [2.24, 2.45) is 0 Å². The minimum atomic E-state index is -0.554. The largest absolute Gasteiger partial charge is 0.383 e. The molecule has 1 unspecified atom stereocenters. The van der Waals surface area contributed by atoms with Gasteiger partial charge >= 0.3 is 0 Å². The molecule has 1 aromatic heterocycles. The van der Waals surface area contributed by atoms with Crippen LogP contribution in [0, 0.1) is 13.8 Å². The molecule has 0 aliphatic carbocycles. The van der Waals surface area contributed by atoms with E-state index in [4.69, 9.17) is 0 Å². The third-order valence-electron chi connectivity index (χ3n) is 2.49. The lowest BCUT2D eigenvalue weighted by molar-refractivity contribution is 0.224. The van der Waals surface area contributed by atoms with Gasteiger partial charge in [0.2, 0.25) is 0 Å². The normalized spacial score (nSPS) is 12.8. The Balaban J connectivity index is 2.39. The Morgan fingerprint density at radius 1 is 1.06 bits per heavy atom. The van der Waals surface area contributed by atoms with Gasteiger partial charge in [-0.2, -0.15) is 0 Å². The number of thiophene rings is 1. The first-order valence-electron chi connectivity index (χ1n) is 5.18. The number of hydrogen-bond acceptors (Lipinski definition) is 2. The number of aliphatic hydroxyl groups is 1. The van der Waals surface area contributed by atoms with E-state index in [1.165, 1.54) is 11.1 Å². The molecule has 1 atom stereocenters. The Morgan fingerprint density at radius 3 is 2.12 bits per heavy atom. The summed E-state index contributed by atoms with van der Waals surface area (Å²) in [5.74, 6) is 0. The van der Waals surface area contributed by atoms with E-state index in [2.05, 4.69) is 37.9 Å². The van der Waals surface area contributed by atoms with E-state index in [9.17, 15) is 5.11 Å². The molecule has 0 amide bonds. The first-order valence-corrected chi connectivity index (χ1v) is 7.58. The standard InChI is InChI=1S/C13H12Br2OS/c1-7-3-8(2)5-9(4-7)12(16)11-6-10(14)13(15)17-11/h3-6,12,16H,1-2H3. The molecule has 2 aromatic rings. The van der Waals surface area contributed by atoms with Crippen LogP contribution >= 0.6 is 43.2 Å². The van der Waals surface area contributed by atoms with Gasteiger partial charge in [0.1, 0.15) is 6.10 Å². The SMILES string of the molecule is Cc1cc(C)cc(C(O)c2cc(Br)c(Br)s2)c1. The van der Waals surface area contributed by atoms with Gasteiger partial charge in [0.25, 0.3) is 0 Å². The molecular formula is C13H12Br2OS. The second-order valence-corrected chi connectivity index (χ2v) is 7.35. The van der Waals surface area contributed by atoms with Crippen molar-refractivity contribution in [3.63, 3.8) is 0 Å².